The molecule has 6 heteroatoms. The van der Waals surface area contributed by atoms with Gasteiger partial charge >= 0.3 is 0 Å². The van der Waals surface area contributed by atoms with Crippen molar-refractivity contribution < 1.29 is 9.13 Å². The number of nitrogens with zero attached hydrogens (tertiary/aromatic N) is 4. The largest absolute Gasteiger partial charge is 0.479 e. The summed E-state index contributed by atoms with van der Waals surface area (Å²) in [6, 6.07) is 0. The second kappa shape index (κ2) is 3.64. The lowest BCUT2D eigenvalue weighted by Gasteiger charge is -2.01. The van der Waals surface area contributed by atoms with Crippen LogP contribution in [0.1, 0.15) is 0 Å². The summed E-state index contributed by atoms with van der Waals surface area (Å²) in [7, 11) is 3.14. The van der Waals surface area contributed by atoms with Crippen molar-refractivity contribution in [1.29, 1.82) is 0 Å². The molecule has 2 rings (SSSR count). The molecule has 2 heterocycles. The van der Waals surface area contributed by atoms with E-state index in [2.05, 4.69) is 15.1 Å². The Kier molecular flexibility index (Phi) is 2.32. The number of aryl methyl sites for hydroxylation is 1. The van der Waals surface area contributed by atoms with Crippen LogP contribution >= 0.6 is 0 Å². The van der Waals surface area contributed by atoms with Gasteiger partial charge in [0.05, 0.1) is 25.1 Å². The standard InChI is InChI=1S/C9H9FN4O/c1-14-5-6(3-12-14)8-11-4-7(10)9(13-8)15-2/h3-5H,1-2H3. The summed E-state index contributed by atoms with van der Waals surface area (Å²) in [5.74, 6) is -0.254. The van der Waals surface area contributed by atoms with Gasteiger partial charge in [0.2, 0.25) is 5.82 Å². The number of rotatable bonds is 2. The number of aromatic nitrogens is 4. The molecule has 78 valence electrons. The third-order valence-electron chi connectivity index (χ3n) is 1.87. The smallest absolute Gasteiger partial charge is 0.253 e. The van der Waals surface area contributed by atoms with Crippen molar-refractivity contribution in [3.05, 3.63) is 24.4 Å². The summed E-state index contributed by atoms with van der Waals surface area (Å²) in [5.41, 5.74) is 0.718. The zero-order valence-electron chi connectivity index (χ0n) is 8.31. The van der Waals surface area contributed by atoms with Gasteiger partial charge < -0.3 is 4.74 Å². The molecule has 0 radical (unpaired) electrons. The molecular weight excluding hydrogens is 199 g/mol. The van der Waals surface area contributed by atoms with Gasteiger partial charge in [-0.1, -0.05) is 0 Å². The molecule has 0 spiro atoms. The van der Waals surface area contributed by atoms with Crippen LogP contribution in [0.5, 0.6) is 5.88 Å². The second-order valence-corrected chi connectivity index (χ2v) is 2.95. The Morgan fingerprint density at radius 2 is 2.20 bits per heavy atom. The Balaban J connectivity index is 2.45. The molecule has 0 saturated carbocycles. The third-order valence-corrected chi connectivity index (χ3v) is 1.87. The van der Waals surface area contributed by atoms with E-state index < -0.39 is 5.82 Å². The molecule has 0 unspecified atom stereocenters. The van der Waals surface area contributed by atoms with Crippen molar-refractivity contribution in [2.75, 3.05) is 7.11 Å². The lowest BCUT2D eigenvalue weighted by molar-refractivity contribution is 0.367. The van der Waals surface area contributed by atoms with Gasteiger partial charge in [-0.3, -0.25) is 4.68 Å². The molecular formula is C9H9FN4O. The minimum Gasteiger partial charge on any atom is -0.479 e. The van der Waals surface area contributed by atoms with E-state index in [1.165, 1.54) is 7.11 Å². The molecule has 0 fully saturated rings. The van der Waals surface area contributed by atoms with Crippen molar-refractivity contribution in [3.63, 3.8) is 0 Å². The van der Waals surface area contributed by atoms with Gasteiger partial charge in [-0.05, 0) is 0 Å². The summed E-state index contributed by atoms with van der Waals surface area (Å²) in [5, 5.41) is 3.97. The fourth-order valence-corrected chi connectivity index (χ4v) is 1.17. The molecule has 0 aliphatic carbocycles. The number of hydrogen-bond acceptors (Lipinski definition) is 4. The molecule has 0 atom stereocenters. The van der Waals surface area contributed by atoms with Crippen LogP contribution in [0.2, 0.25) is 0 Å². The molecule has 0 aliphatic rings. The first-order valence-corrected chi connectivity index (χ1v) is 4.26. The van der Waals surface area contributed by atoms with Gasteiger partial charge in [0.25, 0.3) is 5.88 Å². The Morgan fingerprint density at radius 1 is 1.40 bits per heavy atom. The summed E-state index contributed by atoms with van der Waals surface area (Å²) < 4.78 is 19.4. The average Bonchev–Trinajstić information content (AvgIpc) is 2.66. The number of methoxy groups -OCH3 is 1. The van der Waals surface area contributed by atoms with Gasteiger partial charge in [-0.25, -0.2) is 4.98 Å². The molecule has 2 aromatic heterocycles. The first-order valence-electron chi connectivity index (χ1n) is 4.26. The average molecular weight is 208 g/mol. The minimum absolute atomic E-state index is 0.0659. The first-order chi connectivity index (χ1) is 7.20. The molecule has 0 N–H and O–H groups in total. The molecule has 5 nitrogen and oxygen atoms in total. The van der Waals surface area contributed by atoms with Crippen molar-refractivity contribution in [2.45, 2.75) is 0 Å². The predicted molar refractivity (Wildman–Crippen MR) is 50.7 cm³/mol. The van der Waals surface area contributed by atoms with Crippen LogP contribution < -0.4 is 4.74 Å². The fourth-order valence-electron chi connectivity index (χ4n) is 1.17. The van der Waals surface area contributed by atoms with Gasteiger partial charge in [-0.2, -0.15) is 14.5 Å². The number of ether oxygens (including phenoxy) is 1. The highest BCUT2D eigenvalue weighted by Gasteiger charge is 2.09. The van der Waals surface area contributed by atoms with Crippen LogP contribution in [0.15, 0.2) is 18.6 Å². The highest BCUT2D eigenvalue weighted by atomic mass is 19.1. The van der Waals surface area contributed by atoms with E-state index in [1.54, 1.807) is 24.1 Å². The van der Waals surface area contributed by atoms with Crippen LogP contribution in [-0.2, 0) is 7.05 Å². The van der Waals surface area contributed by atoms with Crippen LogP contribution in [0, 0.1) is 5.82 Å². The monoisotopic (exact) mass is 208 g/mol. The topological polar surface area (TPSA) is 52.8 Å². The highest BCUT2D eigenvalue weighted by molar-refractivity contribution is 5.52. The van der Waals surface area contributed by atoms with E-state index in [0.29, 0.717) is 5.82 Å². The van der Waals surface area contributed by atoms with E-state index >= 15 is 0 Å². The van der Waals surface area contributed by atoms with Crippen LogP contribution in [0.4, 0.5) is 4.39 Å². The summed E-state index contributed by atoms with van der Waals surface area (Å²) >= 11 is 0. The predicted octanol–water partition coefficient (Wildman–Crippen LogP) is 1.02. The summed E-state index contributed by atoms with van der Waals surface area (Å²) in [6.07, 6.45) is 4.42. The van der Waals surface area contributed by atoms with Crippen molar-refractivity contribution in [3.8, 4) is 17.3 Å². The Bertz CT molecular complexity index is 483. The third kappa shape index (κ3) is 1.78. The van der Waals surface area contributed by atoms with Gasteiger partial charge in [0, 0.05) is 13.2 Å². The van der Waals surface area contributed by atoms with Crippen molar-refractivity contribution in [2.24, 2.45) is 7.05 Å². The van der Waals surface area contributed by atoms with Crippen molar-refractivity contribution >= 4 is 0 Å². The van der Waals surface area contributed by atoms with E-state index in [9.17, 15) is 4.39 Å². The zero-order valence-corrected chi connectivity index (χ0v) is 8.31. The summed E-state index contributed by atoms with van der Waals surface area (Å²) in [6.45, 7) is 0. The van der Waals surface area contributed by atoms with E-state index in [1.807, 2.05) is 0 Å². The number of halogens is 1. The fraction of sp³-hybridized carbons (Fsp3) is 0.222. The number of hydrogen-bond donors (Lipinski definition) is 0. The second-order valence-electron chi connectivity index (χ2n) is 2.95. The van der Waals surface area contributed by atoms with E-state index in [-0.39, 0.29) is 5.88 Å². The van der Waals surface area contributed by atoms with E-state index in [4.69, 9.17) is 4.74 Å². The Labute approximate surface area is 85.5 Å². The molecule has 0 aromatic carbocycles. The van der Waals surface area contributed by atoms with Crippen molar-refractivity contribution in [1.82, 2.24) is 19.7 Å². The lowest BCUT2D eigenvalue weighted by Crippen LogP contribution is -1.96. The molecule has 2 aromatic rings. The normalized spacial score (nSPS) is 10.3. The van der Waals surface area contributed by atoms with Gasteiger partial charge in [0.1, 0.15) is 0 Å². The molecule has 0 bridgehead atoms. The molecule has 15 heavy (non-hydrogen) atoms. The van der Waals surface area contributed by atoms with Crippen LogP contribution in [-0.4, -0.2) is 26.9 Å². The Morgan fingerprint density at radius 3 is 2.80 bits per heavy atom. The molecule has 0 saturated heterocycles. The quantitative estimate of drug-likeness (QED) is 0.739. The highest BCUT2D eigenvalue weighted by Crippen LogP contribution is 2.18. The van der Waals surface area contributed by atoms with Gasteiger partial charge in [-0.15, -0.1) is 0 Å². The molecule has 0 amide bonds. The maximum atomic E-state index is 13.0. The lowest BCUT2D eigenvalue weighted by atomic mass is 10.3. The first kappa shape index (κ1) is 9.57. The maximum Gasteiger partial charge on any atom is 0.253 e. The van der Waals surface area contributed by atoms with Crippen LogP contribution in [0.3, 0.4) is 0 Å². The Hall–Kier alpha value is -1.98. The van der Waals surface area contributed by atoms with E-state index in [0.717, 1.165) is 11.8 Å². The minimum atomic E-state index is -0.579. The molecule has 0 aliphatic heterocycles. The maximum absolute atomic E-state index is 13.0. The van der Waals surface area contributed by atoms with Crippen LogP contribution in [0.25, 0.3) is 11.4 Å². The zero-order chi connectivity index (χ0) is 10.8. The summed E-state index contributed by atoms with van der Waals surface area (Å²) in [4.78, 5) is 7.76. The van der Waals surface area contributed by atoms with Gasteiger partial charge in [0.15, 0.2) is 5.82 Å². The SMILES string of the molecule is COc1nc(-c2cnn(C)c2)ncc1F.